The third kappa shape index (κ3) is 12.7. The number of fused-ring (bicyclic) bond motifs is 12. The molecule has 0 spiro atoms. The van der Waals surface area contributed by atoms with Crippen LogP contribution in [0.25, 0.3) is 67.4 Å². The number of allylic oxidation sites excluding steroid dienone is 4. The van der Waals surface area contributed by atoms with E-state index in [1.54, 1.807) is 56.7 Å². The summed E-state index contributed by atoms with van der Waals surface area (Å²) in [4.78, 5) is 0. The molecule has 0 bridgehead atoms. The van der Waals surface area contributed by atoms with E-state index >= 15 is 0 Å². The van der Waals surface area contributed by atoms with Crippen LogP contribution < -0.4 is 22.6 Å². The molecule has 4 unspecified atom stereocenters. The summed E-state index contributed by atoms with van der Waals surface area (Å²) in [5.74, 6) is 0.297. The van der Waals surface area contributed by atoms with Crippen molar-refractivity contribution in [3.63, 3.8) is 0 Å². The molecule has 2 heterocycles. The Morgan fingerprint density at radius 1 is 0.305 bits per heavy atom. The Kier molecular flexibility index (Phi) is 18.8. The van der Waals surface area contributed by atoms with Crippen molar-refractivity contribution in [1.82, 2.24) is 0 Å². The summed E-state index contributed by atoms with van der Waals surface area (Å²) in [6.07, 6.45) is 13.1. The minimum Gasteiger partial charge on any atom is -1.00 e. The average molecular weight is 1430 g/mol. The van der Waals surface area contributed by atoms with Gasteiger partial charge >= 0.3 is 392 Å². The summed E-state index contributed by atoms with van der Waals surface area (Å²) < 4.78 is 9.01. The van der Waals surface area contributed by atoms with Gasteiger partial charge in [-0.2, -0.15) is 0 Å². The smallest absolute Gasteiger partial charge is 1.00 e. The molecule has 0 radical (unpaired) electrons. The van der Waals surface area contributed by atoms with Crippen molar-refractivity contribution in [2.75, 3.05) is 0 Å². The van der Waals surface area contributed by atoms with E-state index in [1.807, 2.05) is 12.1 Å². The molecule has 4 aliphatic carbocycles. The van der Waals surface area contributed by atoms with Gasteiger partial charge in [0.2, 0.25) is 0 Å². The molecule has 10 aromatic carbocycles. The normalized spacial score (nSPS) is 19.5. The van der Waals surface area contributed by atoms with Gasteiger partial charge in [0.25, 0.3) is 0 Å². The monoisotopic (exact) mass is 1430 g/mol. The second-order valence-electron chi connectivity index (χ2n) is 33.0. The average Bonchev–Trinajstić information content (AvgIpc) is 1.54. The molecular weight excluding hydrogens is 1330 g/mol. The fraction of sp³-hybridized carbons (Fsp3) is 0.333. The minimum absolute atomic E-state index is 0. The molecule has 0 saturated carbocycles. The maximum atomic E-state index is 11.7. The standard InChI is InChI=1S/2C14H22O.4C14H11.C4H8.C2H4.ClH.2Zr/c2*1-13(2,3)10-7-8-12(15)11(9-10)14(4,5)6;4*1-10-8-12-7-6-11-4-2-3-5-13(11)14(12)9-10;1-3-4-2;1-2;;;/h2*7-9,15H,1-6H3;4*2-9H,1H3;1-4H2;1-2H2;1H;;/p-3. The molecule has 10 aromatic rings. The van der Waals surface area contributed by atoms with Gasteiger partial charge in [-0.05, 0) is 32.8 Å². The first-order valence-electron chi connectivity index (χ1n) is 35.0. The molecule has 488 valence electrons. The first kappa shape index (κ1) is 68.8. The Bertz CT molecular complexity index is 4470. The second-order valence-corrected chi connectivity index (χ2v) is 55.8. The summed E-state index contributed by atoms with van der Waals surface area (Å²) in [5.41, 5.74) is 23.6. The van der Waals surface area contributed by atoms with E-state index in [0.29, 0.717) is 7.25 Å². The Labute approximate surface area is 584 Å². The first-order chi connectivity index (χ1) is 44.6. The van der Waals surface area contributed by atoms with Crippen molar-refractivity contribution in [1.29, 1.82) is 0 Å². The summed E-state index contributed by atoms with van der Waals surface area (Å²) in [6.45, 7) is 35.2. The summed E-state index contributed by atoms with van der Waals surface area (Å²) in [6, 6.07) is 66.7. The molecule has 4 atom stereocenters. The van der Waals surface area contributed by atoms with E-state index in [0.717, 1.165) is 18.4 Å². The molecule has 95 heavy (non-hydrogen) atoms. The fourth-order valence-corrected chi connectivity index (χ4v) is 53.6. The zero-order valence-electron chi connectivity index (χ0n) is 59.4. The van der Waals surface area contributed by atoms with Crippen molar-refractivity contribution in [2.24, 2.45) is 0 Å². The van der Waals surface area contributed by atoms with Gasteiger partial charge in [-0.25, -0.2) is 0 Å². The van der Waals surface area contributed by atoms with Crippen LogP contribution in [0.3, 0.4) is 0 Å². The number of hydrogen-bond donors (Lipinski definition) is 0. The second kappa shape index (κ2) is 25.9. The van der Waals surface area contributed by atoms with Crippen LogP contribution in [0.4, 0.5) is 0 Å². The van der Waals surface area contributed by atoms with Crippen LogP contribution in [-0.4, -0.2) is 0 Å². The van der Waals surface area contributed by atoms with Crippen molar-refractivity contribution >= 4 is 67.4 Å². The van der Waals surface area contributed by atoms with Gasteiger partial charge in [0, 0.05) is 0 Å². The molecule has 6 aliphatic rings. The van der Waals surface area contributed by atoms with E-state index < -0.39 is 40.5 Å². The summed E-state index contributed by atoms with van der Waals surface area (Å²) in [5, 5.41) is 34.8. The minimum atomic E-state index is -2.72. The molecular formula is C90H98ClO2Zr2-3. The van der Waals surface area contributed by atoms with Gasteiger partial charge in [0.05, 0.1) is 0 Å². The molecule has 5 heteroatoms. The van der Waals surface area contributed by atoms with Crippen molar-refractivity contribution < 1.29 is 63.2 Å². The Balaban J connectivity index is 0.000000129. The van der Waals surface area contributed by atoms with Gasteiger partial charge in [-0.3, -0.25) is 0 Å². The van der Waals surface area contributed by atoms with E-state index in [1.165, 1.54) is 106 Å². The van der Waals surface area contributed by atoms with Crippen LogP contribution in [0.15, 0.2) is 204 Å². The zero-order chi connectivity index (χ0) is 66.6. The Hall–Kier alpha value is -6.14. The van der Waals surface area contributed by atoms with E-state index in [2.05, 4.69) is 293 Å². The number of benzene rings is 10. The third-order valence-corrected chi connectivity index (χ3v) is 51.8. The molecule has 2 saturated heterocycles. The quantitative estimate of drug-likeness (QED) is 0.176. The maximum Gasteiger partial charge on any atom is -1.00 e. The predicted octanol–water partition coefficient (Wildman–Crippen LogP) is 21.7. The van der Waals surface area contributed by atoms with Crippen molar-refractivity contribution in [3.8, 4) is 11.5 Å². The number of halogens is 1. The van der Waals surface area contributed by atoms with Crippen LogP contribution in [0.1, 0.15) is 205 Å². The molecule has 2 fully saturated rings. The molecule has 0 amide bonds. The first-order valence-corrected chi connectivity index (χ1v) is 47.7. The summed E-state index contributed by atoms with van der Waals surface area (Å²) >= 11 is -5.19. The van der Waals surface area contributed by atoms with Gasteiger partial charge < -0.3 is 22.6 Å². The topological polar surface area (TPSA) is 46.1 Å². The molecule has 2 aliphatic heterocycles. The van der Waals surface area contributed by atoms with Gasteiger partial charge in [0.15, 0.2) is 0 Å². The number of hydrogen-bond acceptors (Lipinski definition) is 2. The largest absolute Gasteiger partial charge is 1.00 e. The predicted molar refractivity (Wildman–Crippen MR) is 396 cm³/mol. The van der Waals surface area contributed by atoms with E-state index in [9.17, 15) is 10.2 Å². The van der Waals surface area contributed by atoms with Crippen LogP contribution in [0.5, 0.6) is 11.5 Å². The van der Waals surface area contributed by atoms with E-state index in [4.69, 9.17) is 0 Å². The Morgan fingerprint density at radius 3 is 0.800 bits per heavy atom. The SMILES string of the molecule is CC(C)(C)c1ccc([O-])c(C(C)(C)C)c1.CC(C)(C)c1ccc([O-])c(C(C)(C)C)c1.CC1=Cc2c(ccc3ccccc23)[CH]1[Zr]1([CH]2C(C)=Cc3c2ccc2ccccc32)[CH2]CC[CH2]1.CC1=Cc2c(ccc3ccccc23)[CH]1[Zr]1([CH]2C(C)=Cc3c2ccc2ccccc32)[CH2][CH2]1.[Cl-]. The van der Waals surface area contributed by atoms with Crippen molar-refractivity contribution in [2.45, 2.75) is 176 Å². The molecule has 16 rings (SSSR count). The van der Waals surface area contributed by atoms with Crippen molar-refractivity contribution in [3.05, 3.63) is 271 Å². The van der Waals surface area contributed by atoms with Gasteiger partial charge in [-0.15, -0.1) is 11.5 Å². The van der Waals surface area contributed by atoms with E-state index in [-0.39, 0.29) is 45.6 Å². The summed E-state index contributed by atoms with van der Waals surface area (Å²) in [7, 11) is 0. The van der Waals surface area contributed by atoms with Crippen LogP contribution in [0, 0.1) is 0 Å². The number of rotatable bonds is 4. The zero-order valence-corrected chi connectivity index (χ0v) is 65.0. The van der Waals surface area contributed by atoms with Crippen LogP contribution in [0.2, 0.25) is 16.5 Å². The van der Waals surface area contributed by atoms with Crippen LogP contribution in [-0.2, 0) is 62.2 Å². The molecule has 2 nitrogen and oxygen atoms in total. The van der Waals surface area contributed by atoms with Gasteiger partial charge in [0.1, 0.15) is 0 Å². The van der Waals surface area contributed by atoms with Gasteiger partial charge in [-0.1, -0.05) is 131 Å². The maximum absolute atomic E-state index is 11.7. The third-order valence-electron chi connectivity index (χ3n) is 22.5. The molecule has 0 aromatic heterocycles. The Morgan fingerprint density at radius 2 is 0.558 bits per heavy atom. The van der Waals surface area contributed by atoms with Crippen LogP contribution >= 0.6 is 0 Å². The molecule has 0 N–H and O–H groups in total. The fourth-order valence-electron chi connectivity index (χ4n) is 18.0.